The van der Waals surface area contributed by atoms with Gasteiger partial charge in [0.15, 0.2) is 15.0 Å². The Morgan fingerprint density at radius 2 is 1.93 bits per heavy atom. The number of nitrogens with zero attached hydrogens (tertiary/aromatic N) is 2. The summed E-state index contributed by atoms with van der Waals surface area (Å²) in [7, 11) is -1.52. The van der Waals surface area contributed by atoms with Crippen molar-refractivity contribution < 1.29 is 17.9 Å². The summed E-state index contributed by atoms with van der Waals surface area (Å²) in [6.45, 7) is 0. The molecule has 2 atom stereocenters. The zero-order valence-electron chi connectivity index (χ0n) is 14.6. The Morgan fingerprint density at radius 1 is 1.15 bits per heavy atom. The first kappa shape index (κ1) is 18.1. The molecule has 2 fully saturated rings. The topological polar surface area (TPSA) is 76.0 Å². The fraction of sp³-hybridized carbons (Fsp3) is 0.263. The second-order valence-electron chi connectivity index (χ2n) is 6.44. The van der Waals surface area contributed by atoms with Gasteiger partial charge in [0.25, 0.3) is 5.91 Å². The molecule has 8 heteroatoms. The number of thioether (sulfide) groups is 1. The van der Waals surface area contributed by atoms with Crippen LogP contribution in [-0.4, -0.2) is 49.4 Å². The number of methoxy groups -OCH3 is 1. The number of sulfone groups is 1. The molecule has 0 spiro atoms. The summed E-state index contributed by atoms with van der Waals surface area (Å²) in [5, 5.41) is 0.394. The van der Waals surface area contributed by atoms with Crippen LogP contribution in [0, 0.1) is 0 Å². The largest absolute Gasteiger partial charge is 0.497 e. The Balaban J connectivity index is 1.74. The fourth-order valence-corrected chi connectivity index (χ4v) is 7.27. The van der Waals surface area contributed by atoms with Crippen LogP contribution in [0.4, 0.5) is 5.69 Å². The number of carbonyl (C=O) groups is 1. The summed E-state index contributed by atoms with van der Waals surface area (Å²) in [6, 6.07) is 16.0. The van der Waals surface area contributed by atoms with Crippen LogP contribution in [-0.2, 0) is 9.84 Å². The maximum atomic E-state index is 12.6. The van der Waals surface area contributed by atoms with E-state index in [0.29, 0.717) is 16.5 Å². The number of benzene rings is 2. The lowest BCUT2D eigenvalue weighted by Gasteiger charge is -2.24. The fourth-order valence-electron chi connectivity index (χ4n) is 3.36. The van der Waals surface area contributed by atoms with Gasteiger partial charge in [0.1, 0.15) is 5.75 Å². The summed E-state index contributed by atoms with van der Waals surface area (Å²) in [5.74, 6) is 0.478. The van der Waals surface area contributed by atoms with E-state index in [-0.39, 0.29) is 28.7 Å². The van der Waals surface area contributed by atoms with E-state index in [2.05, 4.69) is 4.99 Å². The van der Waals surface area contributed by atoms with Crippen molar-refractivity contribution in [2.24, 2.45) is 4.99 Å². The zero-order valence-corrected chi connectivity index (χ0v) is 16.2. The Hall–Kier alpha value is -2.32. The lowest BCUT2D eigenvalue weighted by Crippen LogP contribution is -2.37. The highest BCUT2D eigenvalue weighted by atomic mass is 32.2. The number of amides is 1. The van der Waals surface area contributed by atoms with E-state index < -0.39 is 9.84 Å². The molecule has 140 valence electrons. The maximum Gasteiger partial charge on any atom is 0.279 e. The molecule has 0 saturated carbocycles. The van der Waals surface area contributed by atoms with Crippen LogP contribution in [0.5, 0.6) is 5.75 Å². The average Bonchev–Trinajstić information content (AvgIpc) is 3.13. The van der Waals surface area contributed by atoms with Gasteiger partial charge in [-0.15, -0.1) is 0 Å². The smallest absolute Gasteiger partial charge is 0.279 e. The van der Waals surface area contributed by atoms with Crippen molar-refractivity contribution in [2.75, 3.05) is 23.5 Å². The molecule has 0 aromatic heterocycles. The van der Waals surface area contributed by atoms with Crippen molar-refractivity contribution in [1.82, 2.24) is 0 Å². The van der Waals surface area contributed by atoms with E-state index >= 15 is 0 Å². The summed E-state index contributed by atoms with van der Waals surface area (Å²) in [5.41, 5.74) is 1.27. The summed E-state index contributed by atoms with van der Waals surface area (Å²) in [4.78, 5) is 18.8. The number of carbonyl (C=O) groups excluding carboxylic acids is 1. The van der Waals surface area contributed by atoms with Crippen molar-refractivity contribution in [3.63, 3.8) is 0 Å². The highest BCUT2D eigenvalue weighted by Gasteiger charge is 2.49. The standard InChI is InChI=1S/C19H18N2O4S2/c1-25-15-9-5-8-14(10-15)21-16-11-27(23,24)12-17(16)26-19(21)20-18(22)13-6-3-2-4-7-13/h2-10,16-17H,11-12H2,1H3/t16-,17-/m1/s1. The lowest BCUT2D eigenvalue weighted by molar-refractivity contribution is 0.100. The molecule has 2 aromatic rings. The van der Waals surface area contributed by atoms with Crippen molar-refractivity contribution in [3.8, 4) is 5.75 Å². The third kappa shape index (κ3) is 3.59. The summed E-state index contributed by atoms with van der Waals surface area (Å²) < 4.78 is 29.5. The lowest BCUT2D eigenvalue weighted by atomic mass is 10.2. The van der Waals surface area contributed by atoms with Crippen LogP contribution in [0.2, 0.25) is 0 Å². The van der Waals surface area contributed by atoms with Gasteiger partial charge in [-0.3, -0.25) is 4.79 Å². The number of fused-ring (bicyclic) bond motifs is 1. The van der Waals surface area contributed by atoms with Gasteiger partial charge in [-0.2, -0.15) is 4.99 Å². The minimum atomic E-state index is -3.10. The second-order valence-corrected chi connectivity index (χ2v) is 9.80. The van der Waals surface area contributed by atoms with E-state index in [1.165, 1.54) is 11.8 Å². The number of hydrogen-bond acceptors (Lipinski definition) is 5. The quantitative estimate of drug-likeness (QED) is 0.786. The molecule has 1 amide bonds. The van der Waals surface area contributed by atoms with Crippen molar-refractivity contribution >= 4 is 38.4 Å². The molecule has 0 bridgehead atoms. The van der Waals surface area contributed by atoms with Crippen LogP contribution >= 0.6 is 11.8 Å². The van der Waals surface area contributed by atoms with E-state index in [0.717, 1.165) is 5.69 Å². The number of anilines is 1. The third-order valence-corrected chi connectivity index (χ3v) is 7.83. The molecular weight excluding hydrogens is 384 g/mol. The van der Waals surface area contributed by atoms with Gasteiger partial charge in [-0.25, -0.2) is 8.42 Å². The van der Waals surface area contributed by atoms with Crippen molar-refractivity contribution in [2.45, 2.75) is 11.3 Å². The van der Waals surface area contributed by atoms with Crippen LogP contribution in [0.15, 0.2) is 59.6 Å². The number of hydrogen-bond donors (Lipinski definition) is 0. The third-order valence-electron chi connectivity index (χ3n) is 4.62. The van der Waals surface area contributed by atoms with E-state index in [9.17, 15) is 13.2 Å². The number of rotatable bonds is 3. The summed E-state index contributed by atoms with van der Waals surface area (Å²) >= 11 is 1.36. The molecule has 27 heavy (non-hydrogen) atoms. The van der Waals surface area contributed by atoms with Gasteiger partial charge < -0.3 is 9.64 Å². The Kier molecular flexibility index (Phi) is 4.69. The van der Waals surface area contributed by atoms with Gasteiger partial charge in [0.05, 0.1) is 24.7 Å². The summed E-state index contributed by atoms with van der Waals surface area (Å²) in [6.07, 6.45) is 0. The SMILES string of the molecule is COc1cccc(N2C(=NC(=O)c3ccccc3)S[C@@H]3CS(=O)(=O)C[C@H]32)c1. The molecule has 2 saturated heterocycles. The minimum absolute atomic E-state index is 0.0560. The number of amidine groups is 1. The first-order valence-corrected chi connectivity index (χ1v) is 11.2. The molecule has 6 nitrogen and oxygen atoms in total. The highest BCUT2D eigenvalue weighted by Crippen LogP contribution is 2.41. The molecule has 2 aromatic carbocycles. The zero-order chi connectivity index (χ0) is 19.0. The molecule has 0 unspecified atom stereocenters. The molecule has 2 heterocycles. The Bertz CT molecular complexity index is 1010. The predicted octanol–water partition coefficient (Wildman–Crippen LogP) is 2.61. The van der Waals surface area contributed by atoms with Gasteiger partial charge >= 0.3 is 0 Å². The second kappa shape index (κ2) is 7.01. The van der Waals surface area contributed by atoms with Crippen LogP contribution in [0.1, 0.15) is 10.4 Å². The van der Waals surface area contributed by atoms with Gasteiger partial charge in [0.2, 0.25) is 0 Å². The van der Waals surface area contributed by atoms with Crippen LogP contribution < -0.4 is 9.64 Å². The van der Waals surface area contributed by atoms with E-state index in [4.69, 9.17) is 4.74 Å². The molecule has 4 rings (SSSR count). The van der Waals surface area contributed by atoms with Crippen LogP contribution in [0.25, 0.3) is 0 Å². The monoisotopic (exact) mass is 402 g/mol. The Morgan fingerprint density at radius 3 is 2.67 bits per heavy atom. The molecule has 2 aliphatic rings. The van der Waals surface area contributed by atoms with E-state index in [1.54, 1.807) is 31.4 Å². The van der Waals surface area contributed by atoms with Gasteiger partial charge in [-0.05, 0) is 24.3 Å². The van der Waals surface area contributed by atoms with Gasteiger partial charge in [0, 0.05) is 22.6 Å². The minimum Gasteiger partial charge on any atom is -0.497 e. The molecular formula is C19H18N2O4S2. The van der Waals surface area contributed by atoms with Crippen LogP contribution in [0.3, 0.4) is 0 Å². The first-order chi connectivity index (χ1) is 13.0. The molecule has 0 radical (unpaired) electrons. The predicted molar refractivity (Wildman–Crippen MR) is 108 cm³/mol. The Labute approximate surface area is 162 Å². The number of aliphatic imine (C=N–C) groups is 1. The highest BCUT2D eigenvalue weighted by molar-refractivity contribution is 8.16. The molecule has 0 aliphatic carbocycles. The normalized spacial score (nSPS) is 24.8. The maximum absolute atomic E-state index is 12.6. The first-order valence-electron chi connectivity index (χ1n) is 8.45. The number of ether oxygens (including phenoxy) is 1. The van der Waals surface area contributed by atoms with Crippen molar-refractivity contribution in [1.29, 1.82) is 0 Å². The average molecular weight is 402 g/mol. The van der Waals surface area contributed by atoms with Crippen molar-refractivity contribution in [3.05, 3.63) is 60.2 Å². The molecule has 0 N–H and O–H groups in total. The molecule has 2 aliphatic heterocycles. The van der Waals surface area contributed by atoms with Gasteiger partial charge in [-0.1, -0.05) is 36.0 Å². The van der Waals surface area contributed by atoms with E-state index in [1.807, 2.05) is 35.2 Å².